The fourth-order valence-corrected chi connectivity index (χ4v) is 2.97. The molecule has 0 unspecified atom stereocenters. The van der Waals surface area contributed by atoms with Gasteiger partial charge in [0.2, 0.25) is 5.91 Å². The molecule has 3 aromatic rings. The lowest BCUT2D eigenvalue weighted by Gasteiger charge is -2.11. The van der Waals surface area contributed by atoms with Gasteiger partial charge in [0, 0.05) is 54.9 Å². The second-order valence-electron chi connectivity index (χ2n) is 6.26. The third-order valence-electron chi connectivity index (χ3n) is 4.43. The summed E-state index contributed by atoms with van der Waals surface area (Å²) in [6.07, 6.45) is 6.40. The highest BCUT2D eigenvalue weighted by atomic mass is 16.5. The van der Waals surface area contributed by atoms with Crippen molar-refractivity contribution in [2.24, 2.45) is 0 Å². The van der Waals surface area contributed by atoms with Gasteiger partial charge in [-0.3, -0.25) is 9.78 Å². The van der Waals surface area contributed by atoms with E-state index in [1.165, 1.54) is 0 Å². The average molecular weight is 353 g/mol. The number of carbonyl (C=O) groups excluding carboxylic acids is 1. The highest BCUT2D eigenvalue weighted by molar-refractivity contribution is 5.76. The summed E-state index contributed by atoms with van der Waals surface area (Å²) in [5, 5.41) is 6.89. The number of imidazole rings is 1. The van der Waals surface area contributed by atoms with Crippen LogP contribution < -0.4 is 5.32 Å². The Bertz CT molecular complexity index is 863. The first kappa shape index (κ1) is 17.8. The van der Waals surface area contributed by atoms with Gasteiger partial charge in [-0.1, -0.05) is 5.16 Å². The fourth-order valence-electron chi connectivity index (χ4n) is 2.97. The van der Waals surface area contributed by atoms with Gasteiger partial charge >= 0.3 is 0 Å². The van der Waals surface area contributed by atoms with Gasteiger partial charge < -0.3 is 14.4 Å². The van der Waals surface area contributed by atoms with Crippen LogP contribution in [-0.4, -0.2) is 32.1 Å². The second-order valence-corrected chi connectivity index (χ2v) is 6.26. The number of amides is 1. The molecule has 0 aromatic carbocycles. The molecule has 3 aromatic heterocycles. The molecule has 0 aliphatic carbocycles. The number of rotatable bonds is 7. The van der Waals surface area contributed by atoms with Crippen LogP contribution in [0.5, 0.6) is 0 Å². The van der Waals surface area contributed by atoms with Gasteiger partial charge in [0.25, 0.3) is 0 Å². The zero-order valence-electron chi connectivity index (χ0n) is 15.3. The molecule has 0 aliphatic rings. The normalized spacial score (nSPS) is 10.9. The maximum atomic E-state index is 12.1. The molecule has 7 nitrogen and oxygen atoms in total. The number of nitrogens with zero attached hydrogens (tertiary/aromatic N) is 4. The second kappa shape index (κ2) is 7.95. The van der Waals surface area contributed by atoms with E-state index in [0.717, 1.165) is 34.1 Å². The molecular weight excluding hydrogens is 330 g/mol. The van der Waals surface area contributed by atoms with Crippen molar-refractivity contribution in [3.8, 4) is 11.4 Å². The van der Waals surface area contributed by atoms with Crippen LogP contribution in [0.3, 0.4) is 0 Å². The first-order chi connectivity index (χ1) is 12.6. The van der Waals surface area contributed by atoms with Crippen LogP contribution in [0.4, 0.5) is 0 Å². The molecule has 0 aliphatic heterocycles. The van der Waals surface area contributed by atoms with E-state index in [0.29, 0.717) is 25.9 Å². The summed E-state index contributed by atoms with van der Waals surface area (Å²) < 4.78 is 7.23. The van der Waals surface area contributed by atoms with E-state index in [-0.39, 0.29) is 5.91 Å². The number of hydrogen-bond donors (Lipinski definition) is 1. The summed E-state index contributed by atoms with van der Waals surface area (Å²) in [7, 11) is 0. The number of carbonyl (C=O) groups is 1. The van der Waals surface area contributed by atoms with Crippen LogP contribution >= 0.6 is 0 Å². The number of nitrogens with one attached hydrogen (secondary N) is 1. The molecule has 3 rings (SSSR count). The van der Waals surface area contributed by atoms with Gasteiger partial charge in [0.05, 0.1) is 5.69 Å². The fraction of sp³-hybridized carbons (Fsp3) is 0.368. The molecule has 0 saturated carbocycles. The Morgan fingerprint density at radius 1 is 1.23 bits per heavy atom. The van der Waals surface area contributed by atoms with Crippen LogP contribution in [0, 0.1) is 20.8 Å². The summed E-state index contributed by atoms with van der Waals surface area (Å²) in [5.74, 6) is 1.69. The summed E-state index contributed by atoms with van der Waals surface area (Å²) in [4.78, 5) is 20.7. The zero-order valence-corrected chi connectivity index (χ0v) is 15.3. The lowest BCUT2D eigenvalue weighted by atomic mass is 10.1. The van der Waals surface area contributed by atoms with Crippen LogP contribution in [-0.2, 0) is 17.8 Å². The topological polar surface area (TPSA) is 85.8 Å². The lowest BCUT2D eigenvalue weighted by Crippen LogP contribution is -2.27. The van der Waals surface area contributed by atoms with Crippen molar-refractivity contribution in [1.82, 2.24) is 25.0 Å². The molecular formula is C19H23N5O2. The molecule has 0 radical (unpaired) electrons. The molecule has 0 atom stereocenters. The average Bonchev–Trinajstić information content (AvgIpc) is 3.16. The van der Waals surface area contributed by atoms with Crippen LogP contribution in [0.15, 0.2) is 35.2 Å². The van der Waals surface area contributed by atoms with Gasteiger partial charge in [0.15, 0.2) is 0 Å². The van der Waals surface area contributed by atoms with E-state index < -0.39 is 0 Å². The van der Waals surface area contributed by atoms with Crippen molar-refractivity contribution < 1.29 is 9.32 Å². The first-order valence-corrected chi connectivity index (χ1v) is 8.67. The van der Waals surface area contributed by atoms with Crippen molar-refractivity contribution in [2.75, 3.05) is 6.54 Å². The van der Waals surface area contributed by atoms with Gasteiger partial charge in [-0.2, -0.15) is 0 Å². The summed E-state index contributed by atoms with van der Waals surface area (Å²) in [6, 6.07) is 3.86. The Labute approximate surface area is 152 Å². The van der Waals surface area contributed by atoms with Crippen molar-refractivity contribution in [3.05, 3.63) is 53.4 Å². The molecule has 0 saturated heterocycles. The smallest absolute Gasteiger partial charge is 0.220 e. The Hall–Kier alpha value is -2.96. The van der Waals surface area contributed by atoms with E-state index in [1.807, 2.05) is 39.1 Å². The lowest BCUT2D eigenvalue weighted by molar-refractivity contribution is -0.121. The number of pyridine rings is 1. The molecule has 136 valence electrons. The minimum atomic E-state index is 0.0215. The van der Waals surface area contributed by atoms with E-state index in [9.17, 15) is 4.79 Å². The molecule has 0 fully saturated rings. The highest BCUT2D eigenvalue weighted by Gasteiger charge is 2.12. The minimum absolute atomic E-state index is 0.0215. The van der Waals surface area contributed by atoms with Gasteiger partial charge in [-0.05, 0) is 39.3 Å². The molecule has 1 amide bonds. The van der Waals surface area contributed by atoms with Crippen LogP contribution in [0.1, 0.15) is 29.1 Å². The van der Waals surface area contributed by atoms with Gasteiger partial charge in [-0.15, -0.1) is 0 Å². The molecule has 26 heavy (non-hydrogen) atoms. The Balaban J connectivity index is 1.54. The SMILES string of the molecule is Cc1noc(C)c1CCC(=O)NCCn1c(C)cnc1-c1ccncc1. The van der Waals surface area contributed by atoms with Crippen molar-refractivity contribution >= 4 is 5.91 Å². The quantitative estimate of drug-likeness (QED) is 0.706. The molecule has 1 N–H and O–H groups in total. The highest BCUT2D eigenvalue weighted by Crippen LogP contribution is 2.18. The van der Waals surface area contributed by atoms with Crippen molar-refractivity contribution in [3.63, 3.8) is 0 Å². The Kier molecular flexibility index (Phi) is 5.46. The molecule has 7 heteroatoms. The number of hydrogen-bond acceptors (Lipinski definition) is 5. The predicted molar refractivity (Wildman–Crippen MR) is 97.5 cm³/mol. The minimum Gasteiger partial charge on any atom is -0.361 e. The first-order valence-electron chi connectivity index (χ1n) is 8.67. The van der Waals surface area contributed by atoms with Crippen LogP contribution in [0.25, 0.3) is 11.4 Å². The predicted octanol–water partition coefficient (Wildman–Crippen LogP) is 2.61. The largest absolute Gasteiger partial charge is 0.361 e. The molecule has 0 spiro atoms. The van der Waals surface area contributed by atoms with Gasteiger partial charge in [0.1, 0.15) is 11.6 Å². The summed E-state index contributed by atoms with van der Waals surface area (Å²) in [6.45, 7) is 7.00. The van der Waals surface area contributed by atoms with E-state index >= 15 is 0 Å². The Morgan fingerprint density at radius 3 is 2.69 bits per heavy atom. The monoisotopic (exact) mass is 353 g/mol. The van der Waals surface area contributed by atoms with Crippen molar-refractivity contribution in [1.29, 1.82) is 0 Å². The third-order valence-corrected chi connectivity index (χ3v) is 4.43. The summed E-state index contributed by atoms with van der Waals surface area (Å²) in [5.41, 5.74) is 3.94. The van der Waals surface area contributed by atoms with Crippen LogP contribution in [0.2, 0.25) is 0 Å². The Morgan fingerprint density at radius 2 is 2.00 bits per heavy atom. The van der Waals surface area contributed by atoms with E-state index in [4.69, 9.17) is 4.52 Å². The number of aromatic nitrogens is 4. The maximum absolute atomic E-state index is 12.1. The molecule has 3 heterocycles. The van der Waals surface area contributed by atoms with Gasteiger partial charge in [-0.25, -0.2) is 4.98 Å². The standard InChI is InChI=1S/C19H23N5O2/c1-13-12-22-19(16-6-8-20-9-7-16)24(13)11-10-21-18(25)5-4-17-14(2)23-26-15(17)3/h6-9,12H,4-5,10-11H2,1-3H3,(H,21,25). The van der Waals surface area contributed by atoms with E-state index in [2.05, 4.69) is 25.0 Å². The zero-order chi connectivity index (χ0) is 18.5. The number of aryl methyl sites for hydroxylation is 3. The van der Waals surface area contributed by atoms with Crippen molar-refractivity contribution in [2.45, 2.75) is 40.2 Å². The summed E-state index contributed by atoms with van der Waals surface area (Å²) >= 11 is 0. The van der Waals surface area contributed by atoms with E-state index in [1.54, 1.807) is 12.4 Å². The third kappa shape index (κ3) is 3.99. The molecule has 0 bridgehead atoms. The maximum Gasteiger partial charge on any atom is 0.220 e.